The summed E-state index contributed by atoms with van der Waals surface area (Å²) in [6.45, 7) is -0.279. The molecule has 1 unspecified atom stereocenters. The average Bonchev–Trinajstić information content (AvgIpc) is 2.64. The largest absolute Gasteiger partial charge is 0.480 e. The first kappa shape index (κ1) is 13.4. The SMILES string of the molecule is O=C(NC(CCO)C(=O)O)c1csc(I)c1. The number of halogens is 1. The number of rotatable bonds is 5. The van der Waals surface area contributed by atoms with Crippen LogP contribution in [0.3, 0.4) is 0 Å². The third kappa shape index (κ3) is 3.72. The van der Waals surface area contributed by atoms with Gasteiger partial charge in [0.25, 0.3) is 5.91 Å². The smallest absolute Gasteiger partial charge is 0.326 e. The summed E-state index contributed by atoms with van der Waals surface area (Å²) in [6, 6.07) is 0.633. The highest BCUT2D eigenvalue weighted by molar-refractivity contribution is 14.1. The molecule has 0 saturated heterocycles. The van der Waals surface area contributed by atoms with Gasteiger partial charge in [0.1, 0.15) is 6.04 Å². The van der Waals surface area contributed by atoms with Crippen molar-refractivity contribution in [1.82, 2.24) is 5.32 Å². The summed E-state index contributed by atoms with van der Waals surface area (Å²) in [4.78, 5) is 22.3. The lowest BCUT2D eigenvalue weighted by Crippen LogP contribution is -2.41. The van der Waals surface area contributed by atoms with Crippen molar-refractivity contribution in [3.63, 3.8) is 0 Å². The number of aliphatic carboxylic acids is 1. The molecule has 5 nitrogen and oxygen atoms in total. The fraction of sp³-hybridized carbons (Fsp3) is 0.333. The average molecular weight is 355 g/mol. The molecule has 1 rings (SSSR count). The molecule has 0 spiro atoms. The van der Waals surface area contributed by atoms with E-state index in [-0.39, 0.29) is 13.0 Å². The molecule has 0 fully saturated rings. The molecular weight excluding hydrogens is 345 g/mol. The summed E-state index contributed by atoms with van der Waals surface area (Å²) in [5, 5.41) is 21.5. The van der Waals surface area contributed by atoms with Gasteiger partial charge < -0.3 is 15.5 Å². The van der Waals surface area contributed by atoms with E-state index in [1.165, 1.54) is 11.3 Å². The number of hydrogen-bond donors (Lipinski definition) is 3. The van der Waals surface area contributed by atoms with Crippen LogP contribution < -0.4 is 5.32 Å². The molecule has 3 N–H and O–H groups in total. The Bertz CT molecular complexity index is 393. The van der Waals surface area contributed by atoms with Crippen LogP contribution in [0.25, 0.3) is 0 Å². The van der Waals surface area contributed by atoms with Gasteiger partial charge in [0.05, 0.1) is 8.45 Å². The Morgan fingerprint density at radius 1 is 1.56 bits per heavy atom. The van der Waals surface area contributed by atoms with Crippen LogP contribution in [0.15, 0.2) is 11.4 Å². The molecule has 1 heterocycles. The lowest BCUT2D eigenvalue weighted by atomic mass is 10.2. The Balaban J connectivity index is 2.65. The normalized spacial score (nSPS) is 12.1. The zero-order chi connectivity index (χ0) is 12.1. The van der Waals surface area contributed by atoms with Gasteiger partial charge in [-0.3, -0.25) is 4.79 Å². The standard InChI is InChI=1S/C9H10INO4S/c10-7-3-5(4-16-7)8(13)11-6(1-2-12)9(14)15/h3-4,6,12H,1-2H2,(H,11,13)(H,14,15). The van der Waals surface area contributed by atoms with Gasteiger partial charge in [0.15, 0.2) is 0 Å². The van der Waals surface area contributed by atoms with Crippen molar-refractivity contribution in [3.8, 4) is 0 Å². The Hall–Kier alpha value is -0.670. The summed E-state index contributed by atoms with van der Waals surface area (Å²) in [7, 11) is 0. The van der Waals surface area contributed by atoms with Crippen LogP contribution >= 0.6 is 33.9 Å². The third-order valence-corrected chi connectivity index (χ3v) is 3.64. The van der Waals surface area contributed by atoms with Crippen LogP contribution in [0.4, 0.5) is 0 Å². The van der Waals surface area contributed by atoms with E-state index in [4.69, 9.17) is 10.2 Å². The molecule has 0 radical (unpaired) electrons. The molecule has 0 aliphatic rings. The van der Waals surface area contributed by atoms with Gasteiger partial charge in [-0.25, -0.2) is 4.79 Å². The van der Waals surface area contributed by atoms with Gasteiger partial charge in [-0.1, -0.05) is 0 Å². The van der Waals surface area contributed by atoms with Crippen LogP contribution in [0.2, 0.25) is 0 Å². The van der Waals surface area contributed by atoms with E-state index in [0.29, 0.717) is 5.56 Å². The maximum atomic E-state index is 11.6. The number of carboxylic acid groups (broad SMARTS) is 1. The summed E-state index contributed by atoms with van der Waals surface area (Å²) < 4.78 is 0.955. The second-order valence-electron chi connectivity index (χ2n) is 3.02. The van der Waals surface area contributed by atoms with Gasteiger partial charge in [-0.2, -0.15) is 0 Å². The number of aliphatic hydroxyl groups is 1. The fourth-order valence-corrected chi connectivity index (χ4v) is 2.38. The lowest BCUT2D eigenvalue weighted by Gasteiger charge is -2.12. The van der Waals surface area contributed by atoms with E-state index in [9.17, 15) is 9.59 Å². The monoisotopic (exact) mass is 355 g/mol. The molecule has 0 aliphatic carbocycles. The van der Waals surface area contributed by atoms with Crippen molar-refractivity contribution in [2.75, 3.05) is 6.61 Å². The molecule has 0 aliphatic heterocycles. The highest BCUT2D eigenvalue weighted by Crippen LogP contribution is 2.16. The zero-order valence-electron chi connectivity index (χ0n) is 8.14. The summed E-state index contributed by atoms with van der Waals surface area (Å²) in [5.74, 6) is -1.58. The lowest BCUT2D eigenvalue weighted by molar-refractivity contribution is -0.139. The van der Waals surface area contributed by atoms with Crippen molar-refractivity contribution in [2.45, 2.75) is 12.5 Å². The highest BCUT2D eigenvalue weighted by atomic mass is 127. The van der Waals surface area contributed by atoms with Crippen molar-refractivity contribution < 1.29 is 19.8 Å². The minimum Gasteiger partial charge on any atom is -0.480 e. The number of amides is 1. The molecule has 1 aromatic heterocycles. The molecule has 1 atom stereocenters. The molecule has 0 saturated carbocycles. The van der Waals surface area contributed by atoms with E-state index in [1.807, 2.05) is 0 Å². The van der Waals surface area contributed by atoms with E-state index in [1.54, 1.807) is 11.4 Å². The molecule has 1 amide bonds. The topological polar surface area (TPSA) is 86.6 Å². The number of carbonyl (C=O) groups is 2. The van der Waals surface area contributed by atoms with Gasteiger partial charge in [-0.05, 0) is 28.7 Å². The van der Waals surface area contributed by atoms with Crippen LogP contribution in [-0.4, -0.2) is 34.7 Å². The van der Waals surface area contributed by atoms with E-state index in [0.717, 1.165) is 2.88 Å². The Labute approximate surface area is 110 Å². The van der Waals surface area contributed by atoms with Crippen LogP contribution in [0.1, 0.15) is 16.8 Å². The van der Waals surface area contributed by atoms with E-state index < -0.39 is 17.9 Å². The predicted molar refractivity (Wildman–Crippen MR) is 67.6 cm³/mol. The van der Waals surface area contributed by atoms with Gasteiger partial charge in [0.2, 0.25) is 0 Å². The zero-order valence-corrected chi connectivity index (χ0v) is 11.1. The van der Waals surface area contributed by atoms with Gasteiger partial charge in [-0.15, -0.1) is 11.3 Å². The first-order valence-corrected chi connectivity index (χ1v) is 6.39. The number of carbonyl (C=O) groups excluding carboxylic acids is 1. The maximum Gasteiger partial charge on any atom is 0.326 e. The second-order valence-corrected chi connectivity index (χ2v) is 5.82. The molecule has 1 aromatic rings. The number of carboxylic acids is 1. The second kappa shape index (κ2) is 6.16. The van der Waals surface area contributed by atoms with Gasteiger partial charge >= 0.3 is 5.97 Å². The van der Waals surface area contributed by atoms with E-state index >= 15 is 0 Å². The predicted octanol–water partition coefficient (Wildman–Crippen LogP) is 0.918. The van der Waals surface area contributed by atoms with Crippen molar-refractivity contribution in [3.05, 3.63) is 19.9 Å². The molecule has 0 bridgehead atoms. The summed E-state index contributed by atoms with van der Waals surface area (Å²) in [6.07, 6.45) is 0.00228. The number of aliphatic hydroxyl groups excluding tert-OH is 1. The quantitative estimate of drug-likeness (QED) is 0.686. The van der Waals surface area contributed by atoms with Gasteiger partial charge in [0, 0.05) is 18.4 Å². The maximum absolute atomic E-state index is 11.6. The van der Waals surface area contributed by atoms with E-state index in [2.05, 4.69) is 27.9 Å². The van der Waals surface area contributed by atoms with Crippen molar-refractivity contribution >= 4 is 45.8 Å². The van der Waals surface area contributed by atoms with Crippen LogP contribution in [-0.2, 0) is 4.79 Å². The number of nitrogens with one attached hydrogen (secondary N) is 1. The number of hydrogen-bond acceptors (Lipinski definition) is 4. The Morgan fingerprint density at radius 3 is 2.69 bits per heavy atom. The number of thiophene rings is 1. The van der Waals surface area contributed by atoms with Crippen molar-refractivity contribution in [2.24, 2.45) is 0 Å². The Kier molecular flexibility index (Phi) is 5.16. The van der Waals surface area contributed by atoms with Crippen LogP contribution in [0.5, 0.6) is 0 Å². The summed E-state index contributed by atoms with van der Waals surface area (Å²) in [5.41, 5.74) is 0.443. The first-order chi connectivity index (χ1) is 7.54. The minimum absolute atomic E-state index is 0.00228. The molecule has 88 valence electrons. The molecule has 16 heavy (non-hydrogen) atoms. The third-order valence-electron chi connectivity index (χ3n) is 1.85. The molecule has 7 heteroatoms. The fourth-order valence-electron chi connectivity index (χ4n) is 1.06. The first-order valence-electron chi connectivity index (χ1n) is 4.43. The molecular formula is C9H10INO4S. The minimum atomic E-state index is -1.15. The summed E-state index contributed by atoms with van der Waals surface area (Å²) >= 11 is 3.49. The molecule has 0 aromatic carbocycles. The highest BCUT2D eigenvalue weighted by Gasteiger charge is 2.20. The van der Waals surface area contributed by atoms with Crippen molar-refractivity contribution in [1.29, 1.82) is 0 Å². The van der Waals surface area contributed by atoms with Crippen LogP contribution in [0, 0.1) is 2.88 Å². The Morgan fingerprint density at radius 2 is 2.25 bits per heavy atom.